The first-order valence-corrected chi connectivity index (χ1v) is 15.2. The Morgan fingerprint density at radius 1 is 1.24 bits per heavy atom. The van der Waals surface area contributed by atoms with Crippen LogP contribution in [-0.2, 0) is 6.54 Å². The van der Waals surface area contributed by atoms with Crippen molar-refractivity contribution in [1.82, 2.24) is 24.4 Å². The molecule has 6 rings (SSSR count). The smallest absolute Gasteiger partial charge is 0.338 e. The number of alkyl halides is 1. The second-order valence-electron chi connectivity index (χ2n) is 10.4. The van der Waals surface area contributed by atoms with Gasteiger partial charge < -0.3 is 5.11 Å². The quantitative estimate of drug-likeness (QED) is 0.235. The Kier molecular flexibility index (Phi) is 8.42. The molecule has 1 N–H and O–H groups in total. The molecule has 0 radical (unpaired) electrons. The van der Waals surface area contributed by atoms with Crippen molar-refractivity contribution in [2.45, 2.75) is 19.9 Å². The molecule has 0 aliphatic carbocycles. The number of halogens is 2. The summed E-state index contributed by atoms with van der Waals surface area (Å²) in [5.41, 5.74) is 3.97. The number of aromatic carboxylic acids is 1. The SMILES string of the molecule is Cc1nc2cnc(C3=CCN(CCF)CC3)c(C#N)c2c(=O)n1CC#Cc1ccc(Cl)cc1-c1ccnc2c(C(=O)O)csc12. The predicted molar refractivity (Wildman–Crippen MR) is 172 cm³/mol. The van der Waals surface area contributed by atoms with Gasteiger partial charge in [-0.2, -0.15) is 5.26 Å². The highest BCUT2D eigenvalue weighted by atomic mass is 35.5. The summed E-state index contributed by atoms with van der Waals surface area (Å²) in [6, 6.07) is 9.22. The van der Waals surface area contributed by atoms with Crippen molar-refractivity contribution in [3.05, 3.63) is 91.7 Å². The molecule has 0 bridgehead atoms. The van der Waals surface area contributed by atoms with Crippen molar-refractivity contribution in [1.29, 1.82) is 5.26 Å². The number of carbonyl (C=O) groups is 1. The van der Waals surface area contributed by atoms with Crippen molar-refractivity contribution in [3.8, 4) is 29.0 Å². The molecule has 4 aromatic heterocycles. The molecule has 12 heteroatoms. The Bertz CT molecular complexity index is 2210. The minimum absolute atomic E-state index is 0.00695. The van der Waals surface area contributed by atoms with Crippen molar-refractivity contribution < 1.29 is 14.3 Å². The topological polar surface area (TPSA) is 125 Å². The molecule has 5 aromatic rings. The fourth-order valence-corrected chi connectivity index (χ4v) is 6.67. The molecule has 0 unspecified atom stereocenters. The first-order chi connectivity index (χ1) is 21.8. The van der Waals surface area contributed by atoms with Gasteiger partial charge in [-0.05, 0) is 43.2 Å². The van der Waals surface area contributed by atoms with E-state index in [0.717, 1.165) is 11.1 Å². The van der Waals surface area contributed by atoms with Crippen molar-refractivity contribution in [2.75, 3.05) is 26.3 Å². The molecular weight excluding hydrogens is 615 g/mol. The lowest BCUT2D eigenvalue weighted by Gasteiger charge is -2.25. The van der Waals surface area contributed by atoms with Crippen molar-refractivity contribution in [3.63, 3.8) is 0 Å². The van der Waals surface area contributed by atoms with Crippen LogP contribution in [0.3, 0.4) is 0 Å². The van der Waals surface area contributed by atoms with Crippen LogP contribution >= 0.6 is 22.9 Å². The molecule has 45 heavy (non-hydrogen) atoms. The lowest BCUT2D eigenvalue weighted by Crippen LogP contribution is -2.30. The van der Waals surface area contributed by atoms with E-state index in [2.05, 4.69) is 32.9 Å². The molecule has 1 aliphatic rings. The number of nitrogens with zero attached hydrogens (tertiary/aromatic N) is 6. The zero-order valence-electron chi connectivity index (χ0n) is 24.0. The van der Waals surface area contributed by atoms with E-state index >= 15 is 0 Å². The number of thiophene rings is 1. The molecule has 9 nitrogen and oxygen atoms in total. The molecule has 0 atom stereocenters. The van der Waals surface area contributed by atoms with Crippen LogP contribution in [0.25, 0.3) is 37.8 Å². The van der Waals surface area contributed by atoms with E-state index in [1.54, 1.807) is 42.8 Å². The summed E-state index contributed by atoms with van der Waals surface area (Å²) in [6.07, 6.45) is 5.58. The maximum absolute atomic E-state index is 13.8. The summed E-state index contributed by atoms with van der Waals surface area (Å²) in [7, 11) is 0. The van der Waals surface area contributed by atoms with E-state index in [1.807, 2.05) is 11.0 Å². The summed E-state index contributed by atoms with van der Waals surface area (Å²) in [5, 5.41) is 21.9. The largest absolute Gasteiger partial charge is 0.478 e. The molecule has 5 heterocycles. The van der Waals surface area contributed by atoms with E-state index in [4.69, 9.17) is 11.6 Å². The van der Waals surface area contributed by atoms with Crippen molar-refractivity contribution >= 4 is 55.6 Å². The maximum atomic E-state index is 13.8. The number of rotatable bonds is 6. The van der Waals surface area contributed by atoms with Gasteiger partial charge in [0, 0.05) is 52.9 Å². The highest BCUT2D eigenvalue weighted by Gasteiger charge is 2.21. The highest BCUT2D eigenvalue weighted by molar-refractivity contribution is 7.18. The number of nitriles is 1. The Labute approximate surface area is 265 Å². The number of pyridine rings is 2. The highest BCUT2D eigenvalue weighted by Crippen LogP contribution is 2.36. The number of carboxylic acid groups (broad SMARTS) is 1. The van der Waals surface area contributed by atoms with Gasteiger partial charge in [-0.1, -0.05) is 29.5 Å². The van der Waals surface area contributed by atoms with E-state index in [1.165, 1.54) is 22.1 Å². The number of carboxylic acids is 1. The molecule has 1 aromatic carbocycles. The van der Waals surface area contributed by atoms with Crippen LogP contribution in [0.4, 0.5) is 4.39 Å². The number of hydrogen-bond donors (Lipinski definition) is 1. The minimum atomic E-state index is -1.06. The lowest BCUT2D eigenvalue weighted by atomic mass is 9.98. The number of aromatic nitrogens is 4. The van der Waals surface area contributed by atoms with Crippen LogP contribution in [0, 0.1) is 30.1 Å². The predicted octanol–water partition coefficient (Wildman–Crippen LogP) is 5.71. The molecule has 0 spiro atoms. The maximum Gasteiger partial charge on any atom is 0.338 e. The fraction of sp³-hybridized carbons (Fsp3) is 0.212. The molecule has 0 saturated carbocycles. The Morgan fingerprint density at radius 2 is 2.09 bits per heavy atom. The Hall–Kier alpha value is -4.94. The van der Waals surface area contributed by atoms with Crippen LogP contribution in [0.1, 0.15) is 39.4 Å². The second kappa shape index (κ2) is 12.6. The van der Waals surface area contributed by atoms with Crippen LogP contribution in [0.5, 0.6) is 0 Å². The Balaban J connectivity index is 1.39. The van der Waals surface area contributed by atoms with Crippen LogP contribution < -0.4 is 5.56 Å². The summed E-state index contributed by atoms with van der Waals surface area (Å²) in [4.78, 5) is 40.8. The zero-order valence-corrected chi connectivity index (χ0v) is 25.5. The third-order valence-corrected chi connectivity index (χ3v) is 8.96. The number of benzene rings is 1. The average Bonchev–Trinajstić information content (AvgIpc) is 3.48. The number of hydrogen-bond acceptors (Lipinski definition) is 8. The standard InChI is InChI=1S/C33H24ClFN6O3S/c1-19-39-27-17-38-29(21-7-12-40(13-8-21)14-9-35)25(16-36)28(27)32(42)41(19)11-2-3-20-4-5-22(34)15-24(20)23-6-10-37-30-26(33(43)44)18-45-31(23)30/h4-7,10,15,17-18H,8-9,11-14H2,1H3,(H,43,44). The lowest BCUT2D eigenvalue weighted by molar-refractivity contribution is 0.0699. The molecular formula is C33H24ClFN6O3S. The van der Waals surface area contributed by atoms with Crippen LogP contribution in [0.2, 0.25) is 5.02 Å². The summed E-state index contributed by atoms with van der Waals surface area (Å²) in [5.74, 6) is 5.59. The average molecular weight is 639 g/mol. The number of aryl methyl sites for hydroxylation is 1. The monoisotopic (exact) mass is 638 g/mol. The van der Waals surface area contributed by atoms with Gasteiger partial charge in [0.15, 0.2) is 0 Å². The first kappa shape index (κ1) is 30.1. The molecule has 0 saturated heterocycles. The summed E-state index contributed by atoms with van der Waals surface area (Å²) < 4.78 is 14.9. The van der Waals surface area contributed by atoms with E-state index in [0.29, 0.717) is 69.5 Å². The van der Waals surface area contributed by atoms with Crippen LogP contribution in [0.15, 0.2) is 52.9 Å². The summed E-state index contributed by atoms with van der Waals surface area (Å²) in [6.45, 7) is 2.80. The van der Waals surface area contributed by atoms with Gasteiger partial charge in [0.2, 0.25) is 0 Å². The fourth-order valence-electron chi connectivity index (χ4n) is 5.47. The second-order valence-corrected chi connectivity index (χ2v) is 11.7. The van der Waals surface area contributed by atoms with Gasteiger partial charge in [0.1, 0.15) is 18.6 Å². The van der Waals surface area contributed by atoms with Crippen molar-refractivity contribution in [2.24, 2.45) is 0 Å². The normalized spacial score (nSPS) is 13.3. The van der Waals surface area contributed by atoms with Gasteiger partial charge in [-0.25, -0.2) is 14.2 Å². The summed E-state index contributed by atoms with van der Waals surface area (Å²) >= 11 is 7.64. The van der Waals surface area contributed by atoms with Crippen LogP contribution in [-0.4, -0.2) is 61.8 Å². The Morgan fingerprint density at radius 3 is 2.82 bits per heavy atom. The third-order valence-electron chi connectivity index (χ3n) is 7.72. The molecule has 1 aliphatic heterocycles. The van der Waals surface area contributed by atoms with E-state index < -0.39 is 18.2 Å². The van der Waals surface area contributed by atoms with E-state index in [9.17, 15) is 24.3 Å². The minimum Gasteiger partial charge on any atom is -0.478 e. The molecule has 224 valence electrons. The van der Waals surface area contributed by atoms with Gasteiger partial charge in [-0.15, -0.1) is 11.3 Å². The first-order valence-electron chi connectivity index (χ1n) is 14.0. The third kappa shape index (κ3) is 5.69. The van der Waals surface area contributed by atoms with Gasteiger partial charge in [0.25, 0.3) is 5.56 Å². The number of fused-ring (bicyclic) bond motifs is 2. The van der Waals surface area contributed by atoms with E-state index in [-0.39, 0.29) is 23.1 Å². The zero-order chi connectivity index (χ0) is 31.7. The van der Waals surface area contributed by atoms with Gasteiger partial charge in [0.05, 0.1) is 50.7 Å². The molecule has 0 fully saturated rings. The molecule has 0 amide bonds. The van der Waals surface area contributed by atoms with Gasteiger partial charge >= 0.3 is 5.97 Å². The van der Waals surface area contributed by atoms with Gasteiger partial charge in [-0.3, -0.25) is 24.2 Å².